The average molecular weight is 298 g/mol. The topological polar surface area (TPSA) is 21.3 Å². The molecule has 0 aliphatic heterocycles. The first-order valence-corrected chi connectivity index (χ1v) is 8.04. The molecule has 0 heterocycles. The molecule has 2 atom stereocenters. The summed E-state index contributed by atoms with van der Waals surface area (Å²) in [5.41, 5.74) is 1.20. The Morgan fingerprint density at radius 3 is 2.60 bits per heavy atom. The largest absolute Gasteiger partial charge is 0.496 e. The summed E-state index contributed by atoms with van der Waals surface area (Å²) in [5, 5.41) is 4.15. The van der Waals surface area contributed by atoms with E-state index < -0.39 is 0 Å². The van der Waals surface area contributed by atoms with Crippen LogP contribution in [0.3, 0.4) is 0 Å². The predicted octanol–water partition coefficient (Wildman–Crippen LogP) is 5.22. The van der Waals surface area contributed by atoms with E-state index in [2.05, 4.69) is 25.2 Å². The lowest BCUT2D eigenvalue weighted by molar-refractivity contribution is 0.351. The smallest absolute Gasteiger partial charge is 0.125 e. The van der Waals surface area contributed by atoms with E-state index >= 15 is 0 Å². The third kappa shape index (κ3) is 4.99. The fourth-order valence-corrected chi connectivity index (χ4v) is 2.85. The van der Waals surface area contributed by atoms with Gasteiger partial charge in [-0.3, -0.25) is 0 Å². The van der Waals surface area contributed by atoms with E-state index in [-0.39, 0.29) is 0 Å². The summed E-state index contributed by atoms with van der Waals surface area (Å²) in [5.74, 6) is 1.63. The minimum absolute atomic E-state index is 0.323. The molecular formula is C17H28ClNO. The molecule has 2 nitrogen and oxygen atoms in total. The summed E-state index contributed by atoms with van der Waals surface area (Å²) in [6, 6.07) is 6.24. The molecule has 1 rings (SSSR count). The number of hydrogen-bond acceptors (Lipinski definition) is 2. The second-order valence-electron chi connectivity index (χ2n) is 5.38. The number of unbranched alkanes of at least 4 members (excludes halogenated alkanes) is 1. The van der Waals surface area contributed by atoms with E-state index in [1.54, 1.807) is 7.11 Å². The number of halogens is 1. The normalized spacial score (nSPS) is 14.1. The summed E-state index contributed by atoms with van der Waals surface area (Å²) in [7, 11) is 3.72. The molecule has 0 saturated carbocycles. The molecule has 3 heteroatoms. The van der Waals surface area contributed by atoms with Gasteiger partial charge in [0.1, 0.15) is 5.75 Å². The molecule has 0 aliphatic rings. The first-order valence-electron chi connectivity index (χ1n) is 7.66. The van der Waals surface area contributed by atoms with Crippen molar-refractivity contribution >= 4 is 11.6 Å². The number of nitrogens with one attached hydrogen (secondary N) is 1. The lowest BCUT2D eigenvalue weighted by Crippen LogP contribution is -2.20. The fraction of sp³-hybridized carbons (Fsp3) is 0.647. The molecular weight excluding hydrogens is 270 g/mol. The van der Waals surface area contributed by atoms with Crippen molar-refractivity contribution in [3.8, 4) is 5.75 Å². The van der Waals surface area contributed by atoms with Crippen LogP contribution in [0.4, 0.5) is 0 Å². The van der Waals surface area contributed by atoms with E-state index in [9.17, 15) is 0 Å². The Labute approximate surface area is 128 Å². The zero-order valence-electron chi connectivity index (χ0n) is 13.2. The maximum Gasteiger partial charge on any atom is 0.125 e. The van der Waals surface area contributed by atoms with Gasteiger partial charge >= 0.3 is 0 Å². The van der Waals surface area contributed by atoms with Crippen LogP contribution in [-0.2, 0) is 0 Å². The van der Waals surface area contributed by atoms with Crippen molar-refractivity contribution in [2.75, 3.05) is 14.2 Å². The molecule has 114 valence electrons. The van der Waals surface area contributed by atoms with Gasteiger partial charge in [-0.05, 0) is 31.5 Å². The van der Waals surface area contributed by atoms with Crippen molar-refractivity contribution in [1.29, 1.82) is 0 Å². The van der Waals surface area contributed by atoms with Gasteiger partial charge in [0, 0.05) is 16.6 Å². The van der Waals surface area contributed by atoms with Gasteiger partial charge in [0.2, 0.25) is 0 Å². The minimum Gasteiger partial charge on any atom is -0.496 e. The van der Waals surface area contributed by atoms with E-state index in [4.69, 9.17) is 16.3 Å². The Balaban J connectivity index is 2.84. The first-order chi connectivity index (χ1) is 9.65. The van der Waals surface area contributed by atoms with Gasteiger partial charge < -0.3 is 10.1 Å². The van der Waals surface area contributed by atoms with Crippen molar-refractivity contribution < 1.29 is 4.74 Å². The van der Waals surface area contributed by atoms with Gasteiger partial charge in [0.25, 0.3) is 0 Å². The minimum atomic E-state index is 0.323. The molecule has 1 aromatic rings. The molecule has 0 spiro atoms. The third-order valence-corrected chi connectivity index (χ3v) is 4.27. The van der Waals surface area contributed by atoms with Crippen molar-refractivity contribution in [2.24, 2.45) is 5.92 Å². The van der Waals surface area contributed by atoms with Crippen molar-refractivity contribution in [3.05, 3.63) is 28.8 Å². The second kappa shape index (κ2) is 9.25. The highest BCUT2D eigenvalue weighted by molar-refractivity contribution is 6.30. The van der Waals surface area contributed by atoms with Crippen LogP contribution in [0.15, 0.2) is 18.2 Å². The summed E-state index contributed by atoms with van der Waals surface area (Å²) >= 11 is 6.04. The summed E-state index contributed by atoms with van der Waals surface area (Å²) < 4.78 is 5.48. The second-order valence-corrected chi connectivity index (χ2v) is 5.82. The Morgan fingerprint density at radius 2 is 2.05 bits per heavy atom. The molecule has 0 radical (unpaired) electrons. The van der Waals surface area contributed by atoms with E-state index in [1.807, 2.05) is 19.2 Å². The molecule has 20 heavy (non-hydrogen) atoms. The molecule has 0 aliphatic carbocycles. The van der Waals surface area contributed by atoms with E-state index in [1.165, 1.54) is 31.2 Å². The van der Waals surface area contributed by atoms with Crippen molar-refractivity contribution in [1.82, 2.24) is 5.32 Å². The molecule has 0 aromatic heterocycles. The van der Waals surface area contributed by atoms with Crippen LogP contribution in [0.5, 0.6) is 5.75 Å². The van der Waals surface area contributed by atoms with Gasteiger partial charge in [0.15, 0.2) is 0 Å². The highest BCUT2D eigenvalue weighted by Gasteiger charge is 2.19. The number of rotatable bonds is 9. The Morgan fingerprint density at radius 1 is 1.30 bits per heavy atom. The van der Waals surface area contributed by atoms with Gasteiger partial charge in [-0.2, -0.15) is 0 Å². The number of benzene rings is 1. The number of ether oxygens (including phenoxy) is 1. The van der Waals surface area contributed by atoms with Crippen LogP contribution < -0.4 is 10.1 Å². The molecule has 0 amide bonds. The summed E-state index contributed by atoms with van der Waals surface area (Å²) in [6.07, 6.45) is 6.26. The monoisotopic (exact) mass is 297 g/mol. The molecule has 2 unspecified atom stereocenters. The van der Waals surface area contributed by atoms with Crippen molar-refractivity contribution in [2.45, 2.75) is 52.0 Å². The fourth-order valence-electron chi connectivity index (χ4n) is 2.69. The number of hydrogen-bond donors (Lipinski definition) is 1. The van der Waals surface area contributed by atoms with Crippen LogP contribution in [0.1, 0.15) is 57.6 Å². The Bertz CT molecular complexity index is 395. The van der Waals surface area contributed by atoms with Gasteiger partial charge in [-0.1, -0.05) is 57.2 Å². The lowest BCUT2D eigenvalue weighted by Gasteiger charge is -2.24. The third-order valence-electron chi connectivity index (χ3n) is 4.03. The molecule has 1 N–H and O–H groups in total. The Hall–Kier alpha value is -0.730. The SMILES string of the molecule is CCCCC(CC)CC(NC)c1ccc(Cl)cc1OC. The van der Waals surface area contributed by atoms with E-state index in [0.29, 0.717) is 6.04 Å². The van der Waals surface area contributed by atoms with Crippen LogP contribution in [0.25, 0.3) is 0 Å². The van der Waals surface area contributed by atoms with Gasteiger partial charge in [-0.25, -0.2) is 0 Å². The molecule has 0 fully saturated rings. The van der Waals surface area contributed by atoms with Crippen molar-refractivity contribution in [3.63, 3.8) is 0 Å². The summed E-state index contributed by atoms with van der Waals surface area (Å²) in [4.78, 5) is 0. The standard InChI is InChI=1S/C17H28ClNO/c1-5-7-8-13(6-2)11-16(19-3)15-10-9-14(18)12-17(15)20-4/h9-10,12-13,16,19H,5-8,11H2,1-4H3. The Kier molecular flexibility index (Phi) is 8.01. The van der Waals surface area contributed by atoms with Crippen LogP contribution in [0, 0.1) is 5.92 Å². The highest BCUT2D eigenvalue weighted by Crippen LogP contribution is 2.33. The first kappa shape index (κ1) is 17.3. The zero-order chi connectivity index (χ0) is 15.0. The van der Waals surface area contributed by atoms with Crippen LogP contribution in [-0.4, -0.2) is 14.2 Å². The van der Waals surface area contributed by atoms with Crippen LogP contribution >= 0.6 is 11.6 Å². The molecule has 0 bridgehead atoms. The lowest BCUT2D eigenvalue weighted by atomic mass is 9.89. The van der Waals surface area contributed by atoms with Crippen LogP contribution in [0.2, 0.25) is 5.02 Å². The van der Waals surface area contributed by atoms with Gasteiger partial charge in [0.05, 0.1) is 7.11 Å². The quantitative estimate of drug-likeness (QED) is 0.675. The predicted molar refractivity (Wildman–Crippen MR) is 87.7 cm³/mol. The van der Waals surface area contributed by atoms with E-state index in [0.717, 1.165) is 23.1 Å². The van der Waals surface area contributed by atoms with Gasteiger partial charge in [-0.15, -0.1) is 0 Å². The average Bonchev–Trinajstić information content (AvgIpc) is 2.48. The molecule has 1 aromatic carbocycles. The highest BCUT2D eigenvalue weighted by atomic mass is 35.5. The zero-order valence-corrected chi connectivity index (χ0v) is 14.0. The maximum atomic E-state index is 6.04. The summed E-state index contributed by atoms with van der Waals surface area (Å²) in [6.45, 7) is 4.54. The number of methoxy groups -OCH3 is 1. The maximum absolute atomic E-state index is 6.04. The molecule has 0 saturated heterocycles.